The molecule has 20 heavy (non-hydrogen) atoms. The average molecular weight is 280 g/mol. The molecular weight excluding hydrogens is 256 g/mol. The number of carbonyl (C=O) groups excluding carboxylic acids is 1. The molecule has 2 rings (SSSR count). The third-order valence-corrected chi connectivity index (χ3v) is 3.60. The summed E-state index contributed by atoms with van der Waals surface area (Å²) >= 11 is 0. The van der Waals surface area contributed by atoms with Gasteiger partial charge in [0.2, 0.25) is 0 Å². The summed E-state index contributed by atoms with van der Waals surface area (Å²) in [6.07, 6.45) is 4.70. The van der Waals surface area contributed by atoms with Gasteiger partial charge in [0.25, 0.3) is 0 Å². The minimum absolute atomic E-state index is 0.181. The molecular formula is C14H24N4O2. The smallest absolute Gasteiger partial charge is 0.409 e. The molecule has 0 spiro atoms. The van der Waals surface area contributed by atoms with Crippen molar-refractivity contribution < 1.29 is 9.53 Å². The lowest BCUT2D eigenvalue weighted by molar-refractivity contribution is 0.0952. The Bertz CT molecular complexity index is 425. The Morgan fingerprint density at radius 3 is 2.85 bits per heavy atom. The normalized spacial score (nSPS) is 16.4. The number of nitrogens with zero attached hydrogens (tertiary/aromatic N) is 3. The standard InChI is InChI=1S/C14H24N4O2/c1-3-20-14(19)18-10-6-12(7-11-18)15-8-4-13-5-9-17(2)16-13/h5,9,12,15H,3-4,6-8,10-11H2,1-2H3. The van der Waals surface area contributed by atoms with E-state index in [-0.39, 0.29) is 6.09 Å². The first-order chi connectivity index (χ1) is 9.69. The van der Waals surface area contributed by atoms with Crippen LogP contribution in [0.3, 0.4) is 0 Å². The highest BCUT2D eigenvalue weighted by Crippen LogP contribution is 2.11. The Labute approximate surface area is 120 Å². The Hall–Kier alpha value is -1.56. The predicted molar refractivity (Wildman–Crippen MR) is 76.5 cm³/mol. The molecule has 2 heterocycles. The Morgan fingerprint density at radius 2 is 2.25 bits per heavy atom. The van der Waals surface area contributed by atoms with Crippen LogP contribution < -0.4 is 5.32 Å². The van der Waals surface area contributed by atoms with Crippen molar-refractivity contribution in [3.63, 3.8) is 0 Å². The summed E-state index contributed by atoms with van der Waals surface area (Å²) in [7, 11) is 1.93. The fraction of sp³-hybridized carbons (Fsp3) is 0.714. The van der Waals surface area contributed by atoms with Crippen molar-refractivity contribution >= 4 is 6.09 Å². The lowest BCUT2D eigenvalue weighted by Crippen LogP contribution is -2.45. The minimum atomic E-state index is -0.181. The number of carbonyl (C=O) groups is 1. The molecule has 0 bridgehead atoms. The molecule has 0 aromatic carbocycles. The second-order valence-electron chi connectivity index (χ2n) is 5.15. The molecule has 0 aliphatic carbocycles. The Morgan fingerprint density at radius 1 is 1.50 bits per heavy atom. The summed E-state index contributed by atoms with van der Waals surface area (Å²) < 4.78 is 6.84. The van der Waals surface area contributed by atoms with Crippen molar-refractivity contribution in [3.05, 3.63) is 18.0 Å². The summed E-state index contributed by atoms with van der Waals surface area (Å²) in [4.78, 5) is 13.4. The summed E-state index contributed by atoms with van der Waals surface area (Å²) in [6, 6.07) is 2.54. The van der Waals surface area contributed by atoms with E-state index >= 15 is 0 Å². The number of piperidine rings is 1. The van der Waals surface area contributed by atoms with Crippen LogP contribution in [0.4, 0.5) is 4.79 Å². The highest BCUT2D eigenvalue weighted by atomic mass is 16.6. The molecule has 1 aromatic heterocycles. The van der Waals surface area contributed by atoms with Crippen molar-refractivity contribution in [2.75, 3.05) is 26.2 Å². The van der Waals surface area contributed by atoms with E-state index in [1.54, 1.807) is 4.90 Å². The largest absolute Gasteiger partial charge is 0.450 e. The number of hydrogen-bond acceptors (Lipinski definition) is 4. The van der Waals surface area contributed by atoms with Crippen LogP contribution in [-0.4, -0.2) is 53.1 Å². The van der Waals surface area contributed by atoms with Crippen LogP contribution in [0.5, 0.6) is 0 Å². The van der Waals surface area contributed by atoms with Crippen molar-refractivity contribution in [2.45, 2.75) is 32.2 Å². The van der Waals surface area contributed by atoms with Crippen LogP contribution in [0.2, 0.25) is 0 Å². The first-order valence-electron chi connectivity index (χ1n) is 7.32. The summed E-state index contributed by atoms with van der Waals surface area (Å²) in [6.45, 7) is 4.77. The molecule has 0 atom stereocenters. The van der Waals surface area contributed by atoms with Crippen molar-refractivity contribution in [2.24, 2.45) is 7.05 Å². The number of amides is 1. The van der Waals surface area contributed by atoms with E-state index in [2.05, 4.69) is 10.4 Å². The number of aryl methyl sites for hydroxylation is 1. The van der Waals surface area contributed by atoms with Crippen molar-refractivity contribution in [3.8, 4) is 0 Å². The number of rotatable bonds is 5. The molecule has 1 saturated heterocycles. The van der Waals surface area contributed by atoms with Gasteiger partial charge in [-0.05, 0) is 25.8 Å². The van der Waals surface area contributed by atoms with Gasteiger partial charge in [-0.1, -0.05) is 0 Å². The van der Waals surface area contributed by atoms with Crippen LogP contribution in [0, 0.1) is 0 Å². The molecule has 0 saturated carbocycles. The summed E-state index contributed by atoms with van der Waals surface area (Å²) in [5.41, 5.74) is 1.11. The van der Waals surface area contributed by atoms with Gasteiger partial charge in [0, 0.05) is 45.3 Å². The maximum atomic E-state index is 11.6. The van der Waals surface area contributed by atoms with Gasteiger partial charge in [-0.15, -0.1) is 0 Å². The Balaban J connectivity index is 1.63. The zero-order chi connectivity index (χ0) is 14.4. The molecule has 1 aliphatic heterocycles. The first kappa shape index (κ1) is 14.8. The molecule has 1 N–H and O–H groups in total. The van der Waals surface area contributed by atoms with Gasteiger partial charge in [-0.3, -0.25) is 4.68 Å². The molecule has 1 aliphatic rings. The van der Waals surface area contributed by atoms with Crippen molar-refractivity contribution in [1.82, 2.24) is 20.0 Å². The van der Waals surface area contributed by atoms with Crippen molar-refractivity contribution in [1.29, 1.82) is 0 Å². The molecule has 6 nitrogen and oxygen atoms in total. The van der Waals surface area contributed by atoms with Gasteiger partial charge in [0.05, 0.1) is 12.3 Å². The zero-order valence-corrected chi connectivity index (χ0v) is 12.3. The number of nitrogens with one attached hydrogen (secondary N) is 1. The SMILES string of the molecule is CCOC(=O)N1CCC(NCCc2ccn(C)n2)CC1. The van der Waals surface area contributed by atoms with E-state index in [4.69, 9.17) is 4.74 Å². The van der Waals surface area contributed by atoms with E-state index in [9.17, 15) is 4.79 Å². The second-order valence-corrected chi connectivity index (χ2v) is 5.15. The number of ether oxygens (including phenoxy) is 1. The van der Waals surface area contributed by atoms with Crippen LogP contribution in [0.15, 0.2) is 12.3 Å². The number of aromatic nitrogens is 2. The minimum Gasteiger partial charge on any atom is -0.450 e. The third kappa shape index (κ3) is 4.23. The molecule has 1 amide bonds. The lowest BCUT2D eigenvalue weighted by atomic mass is 10.1. The quantitative estimate of drug-likeness (QED) is 0.879. The molecule has 112 valence electrons. The molecule has 1 aromatic rings. The van der Waals surface area contributed by atoms with Crippen LogP contribution in [0.1, 0.15) is 25.5 Å². The average Bonchev–Trinajstić information content (AvgIpc) is 2.85. The third-order valence-electron chi connectivity index (χ3n) is 3.60. The predicted octanol–water partition coefficient (Wildman–Crippen LogP) is 1.17. The van der Waals surface area contributed by atoms with Gasteiger partial charge in [0.15, 0.2) is 0 Å². The lowest BCUT2D eigenvalue weighted by Gasteiger charge is -2.31. The second kappa shape index (κ2) is 7.28. The zero-order valence-electron chi connectivity index (χ0n) is 12.3. The molecule has 0 radical (unpaired) electrons. The van der Waals surface area contributed by atoms with Gasteiger partial charge < -0.3 is 15.0 Å². The topological polar surface area (TPSA) is 59.4 Å². The monoisotopic (exact) mass is 280 g/mol. The summed E-state index contributed by atoms with van der Waals surface area (Å²) in [5, 5.41) is 7.90. The van der Waals surface area contributed by atoms with Crippen LogP contribution in [0.25, 0.3) is 0 Å². The maximum absolute atomic E-state index is 11.6. The summed E-state index contributed by atoms with van der Waals surface area (Å²) in [5.74, 6) is 0. The molecule has 1 fully saturated rings. The fourth-order valence-electron chi connectivity index (χ4n) is 2.48. The fourth-order valence-corrected chi connectivity index (χ4v) is 2.48. The molecule has 0 unspecified atom stereocenters. The highest BCUT2D eigenvalue weighted by Gasteiger charge is 2.22. The van der Waals surface area contributed by atoms with E-state index in [1.807, 2.05) is 30.9 Å². The van der Waals surface area contributed by atoms with E-state index in [1.165, 1.54) is 0 Å². The van der Waals surface area contributed by atoms with Crippen LogP contribution in [-0.2, 0) is 18.2 Å². The number of likely N-dealkylation sites (tertiary alicyclic amines) is 1. The van der Waals surface area contributed by atoms with E-state index < -0.39 is 0 Å². The van der Waals surface area contributed by atoms with Gasteiger partial charge in [-0.2, -0.15) is 5.10 Å². The van der Waals surface area contributed by atoms with Gasteiger partial charge in [0.1, 0.15) is 0 Å². The van der Waals surface area contributed by atoms with Gasteiger partial charge >= 0.3 is 6.09 Å². The number of hydrogen-bond donors (Lipinski definition) is 1. The molecule has 6 heteroatoms. The van der Waals surface area contributed by atoms with Gasteiger partial charge in [-0.25, -0.2) is 4.79 Å². The Kier molecular flexibility index (Phi) is 5.40. The maximum Gasteiger partial charge on any atom is 0.409 e. The van der Waals surface area contributed by atoms with Crippen LogP contribution >= 0.6 is 0 Å². The highest BCUT2D eigenvalue weighted by molar-refractivity contribution is 5.67. The first-order valence-corrected chi connectivity index (χ1v) is 7.32. The van der Waals surface area contributed by atoms with E-state index in [0.717, 1.165) is 44.6 Å². The van der Waals surface area contributed by atoms with E-state index in [0.29, 0.717) is 12.6 Å².